The zero-order valence-corrected chi connectivity index (χ0v) is 17.7. The molecule has 0 radical (unpaired) electrons. The maximum Gasteiger partial charge on any atom is 0.261 e. The van der Waals surface area contributed by atoms with Gasteiger partial charge in [0.25, 0.3) is 11.5 Å². The number of amides is 1. The Kier molecular flexibility index (Phi) is 6.36. The van der Waals surface area contributed by atoms with Crippen molar-refractivity contribution >= 4 is 11.7 Å². The molecular formula is C24H30N2O3. The van der Waals surface area contributed by atoms with E-state index in [2.05, 4.69) is 36.3 Å². The van der Waals surface area contributed by atoms with Gasteiger partial charge in [0.05, 0.1) is 6.04 Å². The summed E-state index contributed by atoms with van der Waals surface area (Å²) in [6.45, 7) is 8.44. The highest BCUT2D eigenvalue weighted by atomic mass is 16.2. The van der Waals surface area contributed by atoms with Crippen molar-refractivity contribution in [3.8, 4) is 0 Å². The van der Waals surface area contributed by atoms with Crippen LogP contribution in [-0.2, 0) is 12.8 Å². The monoisotopic (exact) mass is 394 g/mol. The van der Waals surface area contributed by atoms with Gasteiger partial charge >= 0.3 is 0 Å². The number of hydrogen-bond acceptors (Lipinski definition) is 3. The van der Waals surface area contributed by atoms with Crippen molar-refractivity contribution in [3.05, 3.63) is 68.6 Å². The molecule has 1 atom stereocenters. The Labute approximate surface area is 171 Å². The number of benzene rings is 1. The first kappa shape index (κ1) is 21.0. The standard InChI is InChI=1S/C24H30N2O3/c1-14(2)12-16-8-10-17(11-9-16)22(15(3)4)26-24(29)19-13-18-20(25-23(19)28)6-5-7-21(18)27/h8-11,13-15,22H,5-7,12H2,1-4H3,(H,25,28)(H,26,29). The van der Waals surface area contributed by atoms with E-state index in [0.29, 0.717) is 30.0 Å². The fourth-order valence-electron chi connectivity index (χ4n) is 3.93. The molecule has 154 valence electrons. The number of aromatic nitrogens is 1. The van der Waals surface area contributed by atoms with Crippen molar-refractivity contribution in [2.75, 3.05) is 0 Å². The number of fused-ring (bicyclic) bond motifs is 1. The van der Waals surface area contributed by atoms with Crippen LogP contribution in [-0.4, -0.2) is 16.7 Å². The average Bonchev–Trinajstić information content (AvgIpc) is 2.66. The first-order valence-corrected chi connectivity index (χ1v) is 10.5. The number of aromatic amines is 1. The SMILES string of the molecule is CC(C)Cc1ccc(C(NC(=O)c2cc3c([nH]c2=O)CCCC3=O)C(C)C)cc1. The molecule has 0 saturated heterocycles. The molecule has 1 aliphatic rings. The smallest absolute Gasteiger partial charge is 0.261 e. The Bertz CT molecular complexity index is 955. The molecule has 2 N–H and O–H groups in total. The molecule has 0 saturated carbocycles. The van der Waals surface area contributed by atoms with Crippen LogP contribution in [0.4, 0.5) is 0 Å². The van der Waals surface area contributed by atoms with Crippen LogP contribution in [0.2, 0.25) is 0 Å². The molecule has 29 heavy (non-hydrogen) atoms. The number of aryl methyl sites for hydroxylation is 1. The molecule has 1 aromatic carbocycles. The number of rotatable bonds is 6. The fourth-order valence-corrected chi connectivity index (χ4v) is 3.93. The first-order chi connectivity index (χ1) is 13.8. The van der Waals surface area contributed by atoms with Crippen molar-refractivity contribution in [2.24, 2.45) is 11.8 Å². The Morgan fingerprint density at radius 3 is 2.38 bits per heavy atom. The number of nitrogens with one attached hydrogen (secondary N) is 2. The molecule has 1 unspecified atom stereocenters. The molecule has 0 bridgehead atoms. The predicted molar refractivity (Wildman–Crippen MR) is 114 cm³/mol. The molecule has 0 spiro atoms. The molecular weight excluding hydrogens is 364 g/mol. The third-order valence-electron chi connectivity index (χ3n) is 5.43. The topological polar surface area (TPSA) is 79.0 Å². The van der Waals surface area contributed by atoms with E-state index in [0.717, 1.165) is 18.4 Å². The number of Topliss-reactive ketones (excluding diaryl/α,β-unsaturated/α-hetero) is 1. The van der Waals surface area contributed by atoms with Gasteiger partial charge in [-0.2, -0.15) is 0 Å². The normalized spacial score (nSPS) is 14.8. The second kappa shape index (κ2) is 8.76. The van der Waals surface area contributed by atoms with Crippen LogP contribution in [0.15, 0.2) is 35.1 Å². The maximum absolute atomic E-state index is 12.9. The predicted octanol–water partition coefficient (Wildman–Crippen LogP) is 4.22. The van der Waals surface area contributed by atoms with Crippen molar-refractivity contribution < 1.29 is 9.59 Å². The summed E-state index contributed by atoms with van der Waals surface area (Å²) < 4.78 is 0. The Morgan fingerprint density at radius 2 is 1.76 bits per heavy atom. The lowest BCUT2D eigenvalue weighted by Gasteiger charge is -2.23. The molecule has 5 nitrogen and oxygen atoms in total. The summed E-state index contributed by atoms with van der Waals surface area (Å²) in [6.07, 6.45) is 2.86. The van der Waals surface area contributed by atoms with Crippen molar-refractivity contribution in [1.82, 2.24) is 10.3 Å². The summed E-state index contributed by atoms with van der Waals surface area (Å²) in [5.41, 5.74) is 2.95. The number of carbonyl (C=O) groups excluding carboxylic acids is 2. The Balaban J connectivity index is 1.84. The summed E-state index contributed by atoms with van der Waals surface area (Å²) in [7, 11) is 0. The highest BCUT2D eigenvalue weighted by molar-refractivity contribution is 6.01. The van der Waals surface area contributed by atoms with E-state index in [9.17, 15) is 14.4 Å². The van der Waals surface area contributed by atoms with E-state index in [1.165, 1.54) is 11.6 Å². The third kappa shape index (κ3) is 4.84. The number of hydrogen-bond donors (Lipinski definition) is 2. The minimum absolute atomic E-state index is 0.000998. The van der Waals surface area contributed by atoms with Gasteiger partial charge in [-0.05, 0) is 48.3 Å². The van der Waals surface area contributed by atoms with Crippen molar-refractivity contribution in [3.63, 3.8) is 0 Å². The van der Waals surface area contributed by atoms with Crippen LogP contribution in [0.5, 0.6) is 0 Å². The summed E-state index contributed by atoms with van der Waals surface area (Å²) in [5, 5.41) is 3.00. The molecule has 5 heteroatoms. The zero-order valence-electron chi connectivity index (χ0n) is 17.7. The van der Waals surface area contributed by atoms with E-state index in [-0.39, 0.29) is 23.3 Å². The van der Waals surface area contributed by atoms with Gasteiger partial charge < -0.3 is 10.3 Å². The lowest BCUT2D eigenvalue weighted by atomic mass is 9.92. The lowest BCUT2D eigenvalue weighted by molar-refractivity contribution is 0.0924. The molecule has 1 amide bonds. The molecule has 0 aliphatic heterocycles. The third-order valence-corrected chi connectivity index (χ3v) is 5.43. The van der Waals surface area contributed by atoms with E-state index < -0.39 is 11.5 Å². The molecule has 1 heterocycles. The molecule has 1 aliphatic carbocycles. The molecule has 1 aromatic heterocycles. The van der Waals surface area contributed by atoms with E-state index in [4.69, 9.17) is 0 Å². The van der Waals surface area contributed by atoms with Crippen LogP contribution in [0.3, 0.4) is 0 Å². The summed E-state index contributed by atoms with van der Waals surface area (Å²) >= 11 is 0. The van der Waals surface area contributed by atoms with Crippen LogP contribution in [0.25, 0.3) is 0 Å². The molecule has 3 rings (SSSR count). The van der Waals surface area contributed by atoms with Crippen LogP contribution in [0, 0.1) is 11.8 Å². The lowest BCUT2D eigenvalue weighted by Crippen LogP contribution is -2.36. The summed E-state index contributed by atoms with van der Waals surface area (Å²) in [4.78, 5) is 40.3. The zero-order chi connectivity index (χ0) is 21.1. The van der Waals surface area contributed by atoms with Gasteiger partial charge in [0.1, 0.15) is 5.56 Å². The first-order valence-electron chi connectivity index (χ1n) is 10.5. The van der Waals surface area contributed by atoms with E-state index in [1.54, 1.807) is 0 Å². The van der Waals surface area contributed by atoms with Gasteiger partial charge in [-0.3, -0.25) is 14.4 Å². The largest absolute Gasteiger partial charge is 0.345 e. The number of pyridine rings is 1. The van der Waals surface area contributed by atoms with Gasteiger partial charge in [0.2, 0.25) is 0 Å². The average molecular weight is 395 g/mol. The fraction of sp³-hybridized carbons (Fsp3) is 0.458. The highest BCUT2D eigenvalue weighted by Crippen LogP contribution is 2.24. The number of ketones is 1. The summed E-state index contributed by atoms with van der Waals surface area (Å²) in [6, 6.07) is 9.53. The Morgan fingerprint density at radius 1 is 1.07 bits per heavy atom. The van der Waals surface area contributed by atoms with Gasteiger partial charge in [0.15, 0.2) is 5.78 Å². The van der Waals surface area contributed by atoms with E-state index >= 15 is 0 Å². The van der Waals surface area contributed by atoms with Crippen LogP contribution >= 0.6 is 0 Å². The van der Waals surface area contributed by atoms with E-state index in [1.807, 2.05) is 26.0 Å². The number of H-pyrrole nitrogens is 1. The highest BCUT2D eigenvalue weighted by Gasteiger charge is 2.24. The molecule has 2 aromatic rings. The van der Waals surface area contributed by atoms with Crippen LogP contribution < -0.4 is 10.9 Å². The van der Waals surface area contributed by atoms with Gasteiger partial charge in [-0.25, -0.2) is 0 Å². The van der Waals surface area contributed by atoms with Gasteiger partial charge in [0, 0.05) is 17.7 Å². The quantitative estimate of drug-likeness (QED) is 0.770. The Hall–Kier alpha value is -2.69. The van der Waals surface area contributed by atoms with Crippen molar-refractivity contribution in [1.29, 1.82) is 0 Å². The minimum Gasteiger partial charge on any atom is -0.345 e. The minimum atomic E-state index is -0.447. The molecule has 0 fully saturated rings. The second-order valence-electron chi connectivity index (χ2n) is 8.72. The van der Waals surface area contributed by atoms with Gasteiger partial charge in [-0.1, -0.05) is 52.0 Å². The maximum atomic E-state index is 12.9. The van der Waals surface area contributed by atoms with Gasteiger partial charge in [-0.15, -0.1) is 0 Å². The van der Waals surface area contributed by atoms with Crippen molar-refractivity contribution in [2.45, 2.75) is 59.4 Å². The summed E-state index contributed by atoms with van der Waals surface area (Å²) in [5.74, 6) is 0.267. The second-order valence-corrected chi connectivity index (χ2v) is 8.72. The van der Waals surface area contributed by atoms with Crippen LogP contribution in [0.1, 0.15) is 84.1 Å². The number of carbonyl (C=O) groups is 2.